The molecule has 1 fully saturated rings. The Hall–Kier alpha value is -1.15. The lowest BCUT2D eigenvalue weighted by Crippen LogP contribution is -2.43. The zero-order chi connectivity index (χ0) is 12.3. The van der Waals surface area contributed by atoms with Crippen molar-refractivity contribution < 1.29 is 13.6 Å². The van der Waals surface area contributed by atoms with E-state index in [1.165, 1.54) is 0 Å². The number of hydrogen-bond acceptors (Lipinski definition) is 5. The quantitative estimate of drug-likeness (QED) is 0.867. The third kappa shape index (κ3) is 3.16. The molecule has 0 bridgehead atoms. The number of carbonyl (C=O) groups is 1. The number of anilines is 1. The fourth-order valence-electron chi connectivity index (χ4n) is 1.64. The van der Waals surface area contributed by atoms with E-state index in [0.29, 0.717) is 11.3 Å². The van der Waals surface area contributed by atoms with E-state index in [1.807, 2.05) is 0 Å². The van der Waals surface area contributed by atoms with Crippen molar-refractivity contribution in [2.45, 2.75) is 31.7 Å². The molecule has 0 spiro atoms. The monoisotopic (exact) mass is 262 g/mol. The SMILES string of the molecule is O=C(Nc1nnc(C(F)F)s1)C1CCCCN1. The molecule has 1 aliphatic rings. The Morgan fingerprint density at radius 1 is 1.47 bits per heavy atom. The van der Waals surface area contributed by atoms with Crippen LogP contribution in [-0.2, 0) is 4.79 Å². The standard InChI is InChI=1S/C9H12F2N4OS/c10-6(11)8-14-15-9(17-8)13-7(16)5-3-1-2-4-12-5/h5-6,12H,1-4H2,(H,13,15,16). The molecule has 0 aliphatic carbocycles. The third-order valence-electron chi connectivity index (χ3n) is 2.48. The fourth-order valence-corrected chi connectivity index (χ4v) is 2.24. The Kier molecular flexibility index (Phi) is 3.95. The van der Waals surface area contributed by atoms with Crippen LogP contribution in [-0.4, -0.2) is 28.7 Å². The van der Waals surface area contributed by atoms with Gasteiger partial charge in [-0.25, -0.2) is 8.78 Å². The minimum absolute atomic E-state index is 0.123. The lowest BCUT2D eigenvalue weighted by molar-refractivity contribution is -0.118. The first-order valence-electron chi connectivity index (χ1n) is 5.32. The van der Waals surface area contributed by atoms with Crippen molar-refractivity contribution in [2.75, 3.05) is 11.9 Å². The predicted octanol–water partition coefficient (Wildman–Crippen LogP) is 1.56. The summed E-state index contributed by atoms with van der Waals surface area (Å²) in [5.74, 6) is -0.235. The minimum atomic E-state index is -2.65. The maximum absolute atomic E-state index is 12.3. The first kappa shape index (κ1) is 12.3. The predicted molar refractivity (Wildman–Crippen MR) is 59.1 cm³/mol. The number of aromatic nitrogens is 2. The number of carbonyl (C=O) groups excluding carboxylic acids is 1. The van der Waals surface area contributed by atoms with E-state index in [-0.39, 0.29) is 22.1 Å². The molecular weight excluding hydrogens is 250 g/mol. The van der Waals surface area contributed by atoms with Crippen molar-refractivity contribution in [1.29, 1.82) is 0 Å². The molecule has 94 valence electrons. The molecule has 5 nitrogen and oxygen atoms in total. The van der Waals surface area contributed by atoms with Gasteiger partial charge in [0.2, 0.25) is 11.0 Å². The Balaban J connectivity index is 1.92. The van der Waals surface area contributed by atoms with E-state index < -0.39 is 6.43 Å². The van der Waals surface area contributed by atoms with Crippen molar-refractivity contribution in [3.05, 3.63) is 5.01 Å². The van der Waals surface area contributed by atoms with Gasteiger partial charge in [0, 0.05) is 0 Å². The molecule has 1 aromatic heterocycles. The largest absolute Gasteiger partial charge is 0.306 e. The molecule has 0 aromatic carbocycles. The number of alkyl halides is 2. The number of nitrogens with zero attached hydrogens (tertiary/aromatic N) is 2. The minimum Gasteiger partial charge on any atom is -0.306 e. The number of nitrogens with one attached hydrogen (secondary N) is 2. The molecular formula is C9H12F2N4OS. The maximum atomic E-state index is 12.3. The maximum Gasteiger partial charge on any atom is 0.291 e. The highest BCUT2D eigenvalue weighted by Crippen LogP contribution is 2.25. The number of rotatable bonds is 3. The van der Waals surface area contributed by atoms with E-state index in [4.69, 9.17) is 0 Å². The number of halogens is 2. The topological polar surface area (TPSA) is 66.9 Å². The molecule has 0 radical (unpaired) electrons. The summed E-state index contributed by atoms with van der Waals surface area (Å²) in [7, 11) is 0. The summed E-state index contributed by atoms with van der Waals surface area (Å²) in [6, 6.07) is -0.261. The van der Waals surface area contributed by atoms with Crippen molar-refractivity contribution in [1.82, 2.24) is 15.5 Å². The summed E-state index contributed by atoms with van der Waals surface area (Å²) >= 11 is 0.701. The van der Waals surface area contributed by atoms with Crippen molar-refractivity contribution in [3.63, 3.8) is 0 Å². The molecule has 1 unspecified atom stereocenters. The molecule has 0 saturated carbocycles. The zero-order valence-corrected chi connectivity index (χ0v) is 9.77. The number of piperidine rings is 1. The van der Waals surface area contributed by atoms with Crippen LogP contribution in [0.4, 0.5) is 13.9 Å². The second kappa shape index (κ2) is 5.46. The van der Waals surface area contributed by atoms with Crippen LogP contribution >= 0.6 is 11.3 Å². The van der Waals surface area contributed by atoms with Crippen LogP contribution in [0.25, 0.3) is 0 Å². The summed E-state index contributed by atoms with van der Waals surface area (Å²) in [5, 5.41) is 12.1. The summed E-state index contributed by atoms with van der Waals surface area (Å²) in [5.41, 5.74) is 0. The molecule has 1 amide bonds. The Morgan fingerprint density at radius 3 is 2.88 bits per heavy atom. The molecule has 1 aliphatic heterocycles. The van der Waals surface area contributed by atoms with E-state index in [1.54, 1.807) is 0 Å². The van der Waals surface area contributed by atoms with Crippen molar-refractivity contribution >= 4 is 22.4 Å². The highest BCUT2D eigenvalue weighted by Gasteiger charge is 2.22. The molecule has 2 heterocycles. The van der Waals surface area contributed by atoms with Crippen LogP contribution in [0.1, 0.15) is 30.7 Å². The molecule has 8 heteroatoms. The highest BCUT2D eigenvalue weighted by atomic mass is 32.1. The molecule has 17 heavy (non-hydrogen) atoms. The van der Waals surface area contributed by atoms with Crippen LogP contribution in [0, 0.1) is 0 Å². The van der Waals surface area contributed by atoms with E-state index >= 15 is 0 Å². The number of hydrogen-bond donors (Lipinski definition) is 2. The molecule has 1 atom stereocenters. The fraction of sp³-hybridized carbons (Fsp3) is 0.667. The first-order chi connectivity index (χ1) is 8.16. The van der Waals surface area contributed by atoms with E-state index in [0.717, 1.165) is 25.8 Å². The van der Waals surface area contributed by atoms with Crippen molar-refractivity contribution in [3.8, 4) is 0 Å². The first-order valence-corrected chi connectivity index (χ1v) is 6.14. The summed E-state index contributed by atoms with van der Waals surface area (Å²) in [4.78, 5) is 11.7. The molecule has 1 saturated heterocycles. The Labute approximate surface area is 101 Å². The van der Waals surface area contributed by atoms with Gasteiger partial charge in [-0.2, -0.15) is 0 Å². The second-order valence-electron chi connectivity index (χ2n) is 3.74. The normalized spacial score (nSPS) is 20.5. The molecule has 2 N–H and O–H groups in total. The van der Waals surface area contributed by atoms with Gasteiger partial charge in [-0.1, -0.05) is 17.8 Å². The van der Waals surface area contributed by atoms with Gasteiger partial charge in [0.25, 0.3) is 6.43 Å². The molecule has 2 rings (SSSR count). The van der Waals surface area contributed by atoms with Crippen LogP contribution < -0.4 is 10.6 Å². The second-order valence-corrected chi connectivity index (χ2v) is 4.75. The smallest absolute Gasteiger partial charge is 0.291 e. The zero-order valence-electron chi connectivity index (χ0n) is 8.95. The van der Waals surface area contributed by atoms with E-state index in [2.05, 4.69) is 20.8 Å². The van der Waals surface area contributed by atoms with Gasteiger partial charge >= 0.3 is 0 Å². The average molecular weight is 262 g/mol. The average Bonchev–Trinajstić information content (AvgIpc) is 2.79. The van der Waals surface area contributed by atoms with Crippen LogP contribution in [0.15, 0.2) is 0 Å². The van der Waals surface area contributed by atoms with E-state index in [9.17, 15) is 13.6 Å². The summed E-state index contributed by atoms with van der Waals surface area (Å²) in [6.45, 7) is 0.802. The lowest BCUT2D eigenvalue weighted by Gasteiger charge is -2.21. The van der Waals surface area contributed by atoms with Gasteiger partial charge in [-0.05, 0) is 19.4 Å². The van der Waals surface area contributed by atoms with Gasteiger partial charge in [-0.3, -0.25) is 10.1 Å². The number of amides is 1. The van der Waals surface area contributed by atoms with Crippen LogP contribution in [0.2, 0.25) is 0 Å². The van der Waals surface area contributed by atoms with Gasteiger partial charge in [-0.15, -0.1) is 10.2 Å². The van der Waals surface area contributed by atoms with Crippen molar-refractivity contribution in [2.24, 2.45) is 0 Å². The summed E-state index contributed by atoms with van der Waals surface area (Å²) in [6.07, 6.45) is 0.152. The van der Waals surface area contributed by atoms with Gasteiger partial charge in [0.15, 0.2) is 5.01 Å². The Morgan fingerprint density at radius 2 is 2.29 bits per heavy atom. The molecule has 1 aromatic rings. The highest BCUT2D eigenvalue weighted by molar-refractivity contribution is 7.15. The summed E-state index contributed by atoms with van der Waals surface area (Å²) < 4.78 is 24.5. The lowest BCUT2D eigenvalue weighted by atomic mass is 10.0. The van der Waals surface area contributed by atoms with Crippen LogP contribution in [0.3, 0.4) is 0 Å². The Bertz CT molecular complexity index is 392. The van der Waals surface area contributed by atoms with Gasteiger partial charge in [0.05, 0.1) is 6.04 Å². The van der Waals surface area contributed by atoms with Crippen LogP contribution in [0.5, 0.6) is 0 Å². The van der Waals surface area contributed by atoms with Gasteiger partial charge < -0.3 is 5.32 Å². The van der Waals surface area contributed by atoms with Gasteiger partial charge in [0.1, 0.15) is 0 Å². The third-order valence-corrected chi connectivity index (χ3v) is 3.33.